The molecule has 0 aromatic rings. The van der Waals surface area contributed by atoms with Crippen molar-refractivity contribution < 1.29 is 0 Å². The van der Waals surface area contributed by atoms with Crippen molar-refractivity contribution in [3.63, 3.8) is 0 Å². The van der Waals surface area contributed by atoms with Gasteiger partial charge in [0.25, 0.3) is 0 Å². The van der Waals surface area contributed by atoms with Crippen molar-refractivity contribution in [2.45, 2.75) is 83.2 Å². The Hall–Kier alpha value is -0.0400. The van der Waals surface area contributed by atoms with Crippen LogP contribution in [0.25, 0.3) is 0 Å². The SMILES string of the molecule is CC[C@H]1CC[C@H](NC2CCCCC2)CC1. The van der Waals surface area contributed by atoms with E-state index < -0.39 is 0 Å². The van der Waals surface area contributed by atoms with Crippen molar-refractivity contribution in [2.75, 3.05) is 0 Å². The molecule has 0 saturated heterocycles. The fourth-order valence-corrected chi connectivity index (χ4v) is 3.34. The van der Waals surface area contributed by atoms with Crippen LogP contribution in [-0.2, 0) is 0 Å². The number of hydrogen-bond acceptors (Lipinski definition) is 1. The molecule has 0 aliphatic heterocycles. The van der Waals surface area contributed by atoms with Crippen LogP contribution in [0.2, 0.25) is 0 Å². The van der Waals surface area contributed by atoms with Crippen molar-refractivity contribution in [3.05, 3.63) is 0 Å². The van der Waals surface area contributed by atoms with Crippen molar-refractivity contribution in [2.24, 2.45) is 5.92 Å². The highest BCUT2D eigenvalue weighted by atomic mass is 14.9. The molecule has 1 N–H and O–H groups in total. The molecule has 2 fully saturated rings. The van der Waals surface area contributed by atoms with Gasteiger partial charge in [0.2, 0.25) is 0 Å². The van der Waals surface area contributed by atoms with Crippen LogP contribution in [0.15, 0.2) is 0 Å². The van der Waals surface area contributed by atoms with E-state index in [0.29, 0.717) is 0 Å². The number of nitrogens with one attached hydrogen (secondary N) is 1. The second-order valence-electron chi connectivity index (χ2n) is 5.63. The molecule has 0 unspecified atom stereocenters. The highest BCUT2D eigenvalue weighted by molar-refractivity contribution is 4.81. The standard InChI is InChI=1S/C14H27N/c1-2-12-8-10-14(11-9-12)15-13-6-4-3-5-7-13/h12-15H,2-11H2,1H3/t12-,14-. The van der Waals surface area contributed by atoms with Gasteiger partial charge in [0.15, 0.2) is 0 Å². The van der Waals surface area contributed by atoms with Crippen LogP contribution < -0.4 is 5.32 Å². The van der Waals surface area contributed by atoms with E-state index >= 15 is 0 Å². The van der Waals surface area contributed by atoms with Gasteiger partial charge in [-0.1, -0.05) is 32.6 Å². The summed E-state index contributed by atoms with van der Waals surface area (Å²) >= 11 is 0. The Bertz CT molecular complexity index is 164. The topological polar surface area (TPSA) is 12.0 Å². The van der Waals surface area contributed by atoms with Crippen LogP contribution in [0.1, 0.15) is 71.1 Å². The van der Waals surface area contributed by atoms with Crippen LogP contribution in [-0.4, -0.2) is 12.1 Å². The van der Waals surface area contributed by atoms with Gasteiger partial charge < -0.3 is 5.32 Å². The van der Waals surface area contributed by atoms with Crippen LogP contribution >= 0.6 is 0 Å². The highest BCUT2D eigenvalue weighted by Gasteiger charge is 2.22. The number of rotatable bonds is 3. The predicted octanol–water partition coefficient (Wildman–Crippen LogP) is 3.88. The lowest BCUT2D eigenvalue weighted by atomic mass is 9.83. The van der Waals surface area contributed by atoms with Gasteiger partial charge in [-0.25, -0.2) is 0 Å². The van der Waals surface area contributed by atoms with Gasteiger partial charge in [0.1, 0.15) is 0 Å². The minimum atomic E-state index is 0.857. The normalized spacial score (nSPS) is 34.2. The first-order valence-electron chi connectivity index (χ1n) is 7.14. The molecule has 0 aromatic carbocycles. The van der Waals surface area contributed by atoms with Gasteiger partial charge in [-0.3, -0.25) is 0 Å². The molecule has 15 heavy (non-hydrogen) atoms. The van der Waals surface area contributed by atoms with Crippen LogP contribution in [0.3, 0.4) is 0 Å². The van der Waals surface area contributed by atoms with Gasteiger partial charge in [-0.05, 0) is 44.4 Å². The maximum atomic E-state index is 3.90. The monoisotopic (exact) mass is 209 g/mol. The average molecular weight is 209 g/mol. The predicted molar refractivity (Wildman–Crippen MR) is 66.0 cm³/mol. The molecular formula is C14H27N. The van der Waals surface area contributed by atoms with E-state index in [1.807, 2.05) is 0 Å². The third kappa shape index (κ3) is 3.48. The smallest absolute Gasteiger partial charge is 0.00698 e. The zero-order valence-corrected chi connectivity index (χ0v) is 10.3. The first-order valence-corrected chi connectivity index (χ1v) is 7.14. The molecule has 0 radical (unpaired) electrons. The maximum absolute atomic E-state index is 3.90. The van der Waals surface area contributed by atoms with Gasteiger partial charge in [-0.15, -0.1) is 0 Å². The zero-order chi connectivity index (χ0) is 10.5. The molecular weight excluding hydrogens is 182 g/mol. The molecule has 1 nitrogen and oxygen atoms in total. The lowest BCUT2D eigenvalue weighted by Crippen LogP contribution is -2.41. The lowest BCUT2D eigenvalue weighted by Gasteiger charge is -2.33. The van der Waals surface area contributed by atoms with Crippen LogP contribution in [0, 0.1) is 5.92 Å². The molecule has 0 heterocycles. The molecule has 0 atom stereocenters. The first-order chi connectivity index (χ1) is 7.38. The van der Waals surface area contributed by atoms with E-state index in [1.165, 1.54) is 64.2 Å². The quantitative estimate of drug-likeness (QED) is 0.744. The largest absolute Gasteiger partial charge is 0.311 e. The van der Waals surface area contributed by atoms with Gasteiger partial charge in [0.05, 0.1) is 0 Å². The van der Waals surface area contributed by atoms with Crippen molar-refractivity contribution >= 4 is 0 Å². The second-order valence-corrected chi connectivity index (χ2v) is 5.63. The van der Waals surface area contributed by atoms with Crippen LogP contribution in [0.5, 0.6) is 0 Å². The van der Waals surface area contributed by atoms with Gasteiger partial charge in [-0.2, -0.15) is 0 Å². The Kier molecular flexibility index (Phi) is 4.49. The van der Waals surface area contributed by atoms with E-state index in [9.17, 15) is 0 Å². The fourth-order valence-electron chi connectivity index (χ4n) is 3.34. The summed E-state index contributed by atoms with van der Waals surface area (Å²) in [5.74, 6) is 1.04. The Morgan fingerprint density at radius 1 is 0.800 bits per heavy atom. The summed E-state index contributed by atoms with van der Waals surface area (Å²) in [7, 11) is 0. The van der Waals surface area contributed by atoms with Gasteiger partial charge in [0, 0.05) is 12.1 Å². The van der Waals surface area contributed by atoms with E-state index in [-0.39, 0.29) is 0 Å². The Morgan fingerprint density at radius 2 is 1.40 bits per heavy atom. The summed E-state index contributed by atoms with van der Waals surface area (Å²) in [5.41, 5.74) is 0. The molecule has 0 amide bonds. The first kappa shape index (κ1) is 11.4. The molecule has 2 aliphatic carbocycles. The summed E-state index contributed by atoms with van der Waals surface area (Å²) in [6, 6.07) is 1.72. The zero-order valence-electron chi connectivity index (χ0n) is 10.3. The molecule has 0 aromatic heterocycles. The molecule has 88 valence electrons. The maximum Gasteiger partial charge on any atom is 0.00698 e. The molecule has 2 rings (SSSR count). The Balaban J connectivity index is 1.67. The summed E-state index contributed by atoms with van der Waals surface area (Å²) in [5, 5.41) is 3.90. The summed E-state index contributed by atoms with van der Waals surface area (Å²) in [6.45, 7) is 2.35. The molecule has 0 spiro atoms. The van der Waals surface area contributed by atoms with E-state index in [1.54, 1.807) is 0 Å². The molecule has 0 bridgehead atoms. The third-order valence-electron chi connectivity index (χ3n) is 4.50. The van der Waals surface area contributed by atoms with E-state index in [2.05, 4.69) is 12.2 Å². The second kappa shape index (κ2) is 5.89. The number of hydrogen-bond donors (Lipinski definition) is 1. The Morgan fingerprint density at radius 3 is 2.00 bits per heavy atom. The summed E-state index contributed by atoms with van der Waals surface area (Å²) in [6.07, 6.45) is 14.5. The van der Waals surface area contributed by atoms with Crippen molar-refractivity contribution in [1.29, 1.82) is 0 Å². The van der Waals surface area contributed by atoms with Crippen molar-refractivity contribution in [3.8, 4) is 0 Å². The van der Waals surface area contributed by atoms with Crippen LogP contribution in [0.4, 0.5) is 0 Å². The summed E-state index contributed by atoms with van der Waals surface area (Å²) in [4.78, 5) is 0. The van der Waals surface area contributed by atoms with E-state index in [0.717, 1.165) is 18.0 Å². The Labute approximate surface area is 95.0 Å². The molecule has 2 aliphatic rings. The molecule has 2 saturated carbocycles. The van der Waals surface area contributed by atoms with Gasteiger partial charge >= 0.3 is 0 Å². The highest BCUT2D eigenvalue weighted by Crippen LogP contribution is 2.28. The fraction of sp³-hybridized carbons (Fsp3) is 1.00. The lowest BCUT2D eigenvalue weighted by molar-refractivity contribution is 0.248. The van der Waals surface area contributed by atoms with Crippen molar-refractivity contribution in [1.82, 2.24) is 5.32 Å². The third-order valence-corrected chi connectivity index (χ3v) is 4.50. The minimum Gasteiger partial charge on any atom is -0.311 e. The average Bonchev–Trinajstić information content (AvgIpc) is 2.31. The minimum absolute atomic E-state index is 0.857. The molecule has 1 heteroatoms. The summed E-state index contributed by atoms with van der Waals surface area (Å²) < 4.78 is 0. The van der Waals surface area contributed by atoms with E-state index in [4.69, 9.17) is 0 Å².